The van der Waals surface area contributed by atoms with Crippen molar-refractivity contribution in [1.82, 2.24) is 4.31 Å². The minimum Gasteiger partial charge on any atom is -0.495 e. The largest absolute Gasteiger partial charge is 0.495 e. The highest BCUT2D eigenvalue weighted by Gasteiger charge is 2.19. The predicted octanol–water partition coefficient (Wildman–Crippen LogP) is 3.44. The zero-order valence-electron chi connectivity index (χ0n) is 14.5. The van der Waals surface area contributed by atoms with E-state index in [-0.39, 0.29) is 16.6 Å². The van der Waals surface area contributed by atoms with Crippen molar-refractivity contribution in [3.8, 4) is 5.75 Å². The van der Waals surface area contributed by atoms with Crippen LogP contribution in [0.4, 0.5) is 5.69 Å². The van der Waals surface area contributed by atoms with Crippen LogP contribution in [0, 0.1) is 0 Å². The highest BCUT2D eigenvalue weighted by molar-refractivity contribution is 9.10. The molecular weight excluding hydrogens is 440 g/mol. The number of halogens is 1. The van der Waals surface area contributed by atoms with Crippen molar-refractivity contribution in [1.29, 1.82) is 0 Å². The van der Waals surface area contributed by atoms with E-state index in [0.717, 1.165) is 13.7 Å². The summed E-state index contributed by atoms with van der Waals surface area (Å²) in [6.07, 6.45) is 0. The van der Waals surface area contributed by atoms with Crippen molar-refractivity contribution in [2.45, 2.75) is 9.79 Å². The number of rotatable bonds is 7. The fourth-order valence-corrected chi connectivity index (χ4v) is 3.91. The number of amides is 1. The molecule has 0 aliphatic carbocycles. The summed E-state index contributed by atoms with van der Waals surface area (Å²) in [6.45, 7) is 0. The Morgan fingerprint density at radius 1 is 1.19 bits per heavy atom. The van der Waals surface area contributed by atoms with E-state index in [1.807, 2.05) is 24.3 Å². The van der Waals surface area contributed by atoms with Crippen molar-refractivity contribution in [2.75, 3.05) is 32.3 Å². The molecule has 0 bridgehead atoms. The third-order valence-corrected chi connectivity index (χ3v) is 6.76. The lowest BCUT2D eigenvalue weighted by Crippen LogP contribution is -2.22. The second-order valence-electron chi connectivity index (χ2n) is 5.44. The molecule has 0 aliphatic rings. The predicted molar refractivity (Wildman–Crippen MR) is 107 cm³/mol. The normalized spacial score (nSPS) is 11.4. The molecule has 0 aliphatic heterocycles. The Bertz CT molecular complexity index is 884. The van der Waals surface area contributed by atoms with Gasteiger partial charge in [-0.3, -0.25) is 4.79 Å². The first kappa shape index (κ1) is 20.8. The zero-order valence-corrected chi connectivity index (χ0v) is 17.7. The number of carbonyl (C=O) groups is 1. The number of methoxy groups -OCH3 is 1. The summed E-state index contributed by atoms with van der Waals surface area (Å²) in [5.41, 5.74) is 0.317. The van der Waals surface area contributed by atoms with E-state index >= 15 is 0 Å². The Hall–Kier alpha value is -1.55. The molecule has 0 aromatic heterocycles. The van der Waals surface area contributed by atoms with Gasteiger partial charge in [0.25, 0.3) is 0 Å². The van der Waals surface area contributed by atoms with Gasteiger partial charge in [0.05, 0.1) is 23.4 Å². The fraction of sp³-hybridized carbons (Fsp3) is 0.235. The van der Waals surface area contributed by atoms with Crippen LogP contribution >= 0.6 is 27.7 Å². The SMILES string of the molecule is COc1ccc(S(=O)(=O)N(C)C)cc1NC(=O)CSc1ccc(Br)cc1. The van der Waals surface area contributed by atoms with Gasteiger partial charge in [0.15, 0.2) is 0 Å². The summed E-state index contributed by atoms with van der Waals surface area (Å²) in [7, 11) is 0.759. The van der Waals surface area contributed by atoms with Gasteiger partial charge < -0.3 is 10.1 Å². The molecule has 9 heteroatoms. The van der Waals surface area contributed by atoms with Gasteiger partial charge in [0, 0.05) is 23.5 Å². The van der Waals surface area contributed by atoms with E-state index in [1.165, 1.54) is 51.2 Å². The average Bonchev–Trinajstić information content (AvgIpc) is 2.61. The van der Waals surface area contributed by atoms with Crippen molar-refractivity contribution < 1.29 is 17.9 Å². The third-order valence-electron chi connectivity index (χ3n) is 3.41. The second kappa shape index (κ2) is 8.90. The van der Waals surface area contributed by atoms with Crippen molar-refractivity contribution in [3.05, 3.63) is 46.9 Å². The van der Waals surface area contributed by atoms with Crippen LogP contribution in [0.25, 0.3) is 0 Å². The molecule has 2 aromatic carbocycles. The topological polar surface area (TPSA) is 75.7 Å². The van der Waals surface area contributed by atoms with E-state index in [9.17, 15) is 13.2 Å². The number of benzene rings is 2. The van der Waals surface area contributed by atoms with Gasteiger partial charge in [-0.25, -0.2) is 12.7 Å². The lowest BCUT2D eigenvalue weighted by molar-refractivity contribution is -0.113. The minimum atomic E-state index is -3.60. The molecule has 2 aromatic rings. The monoisotopic (exact) mass is 458 g/mol. The number of carbonyl (C=O) groups excluding carboxylic acids is 1. The molecule has 140 valence electrons. The van der Waals surface area contributed by atoms with E-state index in [2.05, 4.69) is 21.2 Å². The maximum absolute atomic E-state index is 12.3. The quantitative estimate of drug-likeness (QED) is 0.643. The minimum absolute atomic E-state index is 0.0826. The van der Waals surface area contributed by atoms with E-state index < -0.39 is 10.0 Å². The van der Waals surface area contributed by atoms with E-state index in [1.54, 1.807) is 0 Å². The molecule has 1 N–H and O–H groups in total. The third kappa shape index (κ3) is 5.23. The first-order valence-corrected chi connectivity index (χ1v) is 10.7. The molecule has 0 saturated heterocycles. The molecule has 0 spiro atoms. The Labute approximate surface area is 166 Å². The average molecular weight is 459 g/mol. The van der Waals surface area contributed by atoms with Gasteiger partial charge in [-0.05, 0) is 42.5 Å². The number of hydrogen-bond donors (Lipinski definition) is 1. The number of thioether (sulfide) groups is 1. The maximum Gasteiger partial charge on any atom is 0.242 e. The van der Waals surface area contributed by atoms with Gasteiger partial charge >= 0.3 is 0 Å². The molecule has 0 fully saturated rings. The van der Waals surface area contributed by atoms with Gasteiger partial charge in [-0.15, -0.1) is 11.8 Å². The lowest BCUT2D eigenvalue weighted by Gasteiger charge is -2.15. The summed E-state index contributed by atoms with van der Waals surface area (Å²) in [5.74, 6) is 0.329. The molecule has 6 nitrogen and oxygen atoms in total. The van der Waals surface area contributed by atoms with Crippen LogP contribution in [0.2, 0.25) is 0 Å². The molecule has 0 heterocycles. The number of anilines is 1. The van der Waals surface area contributed by atoms with Gasteiger partial charge in [-0.1, -0.05) is 15.9 Å². The molecule has 1 amide bonds. The highest BCUT2D eigenvalue weighted by atomic mass is 79.9. The van der Waals surface area contributed by atoms with Crippen molar-refractivity contribution >= 4 is 49.3 Å². The molecular formula is C17H19BrN2O4S2. The van der Waals surface area contributed by atoms with Gasteiger partial charge in [0.1, 0.15) is 5.75 Å². The summed E-state index contributed by atoms with van der Waals surface area (Å²) >= 11 is 4.75. The number of ether oxygens (including phenoxy) is 1. The van der Waals surface area contributed by atoms with Crippen LogP contribution < -0.4 is 10.1 Å². The molecule has 0 unspecified atom stereocenters. The van der Waals surface area contributed by atoms with Crippen LogP contribution in [0.1, 0.15) is 0 Å². The van der Waals surface area contributed by atoms with Crippen LogP contribution in [-0.4, -0.2) is 45.6 Å². The summed E-state index contributed by atoms with van der Waals surface area (Å²) in [6, 6.07) is 12.0. The first-order valence-electron chi connectivity index (χ1n) is 7.53. The molecule has 0 radical (unpaired) electrons. The number of sulfonamides is 1. The van der Waals surface area contributed by atoms with Crippen LogP contribution in [-0.2, 0) is 14.8 Å². The second-order valence-corrected chi connectivity index (χ2v) is 9.56. The first-order chi connectivity index (χ1) is 12.2. The van der Waals surface area contributed by atoms with Crippen molar-refractivity contribution in [2.24, 2.45) is 0 Å². The smallest absolute Gasteiger partial charge is 0.242 e. The Morgan fingerprint density at radius 2 is 1.85 bits per heavy atom. The lowest BCUT2D eigenvalue weighted by atomic mass is 10.3. The summed E-state index contributed by atoms with van der Waals surface area (Å²) < 4.78 is 31.8. The molecule has 2 rings (SSSR count). The highest BCUT2D eigenvalue weighted by Crippen LogP contribution is 2.29. The Morgan fingerprint density at radius 3 is 2.42 bits per heavy atom. The number of hydrogen-bond acceptors (Lipinski definition) is 5. The van der Waals surface area contributed by atoms with Gasteiger partial charge in [0.2, 0.25) is 15.9 Å². The Kier molecular flexibility index (Phi) is 7.10. The molecule has 0 saturated carbocycles. The number of nitrogens with one attached hydrogen (secondary N) is 1. The molecule has 26 heavy (non-hydrogen) atoms. The van der Waals surface area contributed by atoms with Crippen LogP contribution in [0.5, 0.6) is 5.75 Å². The standard InChI is InChI=1S/C17H19BrN2O4S2/c1-20(2)26(22,23)14-8-9-16(24-3)15(10-14)19-17(21)11-25-13-6-4-12(18)5-7-13/h4-10H,11H2,1-3H3,(H,19,21). The molecule has 0 atom stereocenters. The van der Waals surface area contributed by atoms with Crippen LogP contribution in [0.15, 0.2) is 56.7 Å². The summed E-state index contributed by atoms with van der Waals surface area (Å²) in [4.78, 5) is 13.3. The number of nitrogens with zero attached hydrogens (tertiary/aromatic N) is 1. The summed E-state index contributed by atoms with van der Waals surface area (Å²) in [5, 5.41) is 2.72. The van der Waals surface area contributed by atoms with Crippen molar-refractivity contribution in [3.63, 3.8) is 0 Å². The van der Waals surface area contributed by atoms with E-state index in [0.29, 0.717) is 11.4 Å². The zero-order chi connectivity index (χ0) is 19.3. The Balaban J connectivity index is 2.13. The van der Waals surface area contributed by atoms with Crippen LogP contribution in [0.3, 0.4) is 0 Å². The maximum atomic E-state index is 12.3. The fourth-order valence-electron chi connectivity index (χ4n) is 2.02. The van der Waals surface area contributed by atoms with Gasteiger partial charge in [-0.2, -0.15) is 0 Å². The van der Waals surface area contributed by atoms with E-state index in [4.69, 9.17) is 4.74 Å².